The van der Waals surface area contributed by atoms with Gasteiger partial charge in [0.05, 0.1) is 11.4 Å². The molecule has 0 aliphatic carbocycles. The van der Waals surface area contributed by atoms with E-state index in [9.17, 15) is 0 Å². The summed E-state index contributed by atoms with van der Waals surface area (Å²) in [6.45, 7) is 2.17. The van der Waals surface area contributed by atoms with E-state index in [1.165, 1.54) is 26.7 Å². The zero-order chi connectivity index (χ0) is 11.1. The Hall–Kier alpha value is -1.41. The molecule has 0 unspecified atom stereocenters. The summed E-state index contributed by atoms with van der Waals surface area (Å²) in [6.07, 6.45) is 0. The van der Waals surface area contributed by atoms with Gasteiger partial charge in [-0.25, -0.2) is 0 Å². The Bertz CT molecular complexity index is 548. The smallest absolute Gasteiger partial charge is 0.0552 e. The summed E-state index contributed by atoms with van der Waals surface area (Å²) in [5, 5.41) is 0. The zero-order valence-electron chi connectivity index (χ0n) is 9.40. The third-order valence-electron chi connectivity index (χ3n) is 2.99. The number of benzene rings is 2. The highest BCUT2D eigenvalue weighted by Gasteiger charge is 2.20. The molecule has 2 heteroatoms. The van der Waals surface area contributed by atoms with Crippen LogP contribution in [0.3, 0.4) is 0 Å². The van der Waals surface area contributed by atoms with Crippen LogP contribution >= 0.6 is 11.8 Å². The van der Waals surface area contributed by atoms with Crippen molar-refractivity contribution in [1.29, 1.82) is 0 Å². The van der Waals surface area contributed by atoms with Gasteiger partial charge in [-0.1, -0.05) is 36.0 Å². The van der Waals surface area contributed by atoms with Crippen molar-refractivity contribution in [2.24, 2.45) is 0 Å². The number of hydrogen-bond acceptors (Lipinski definition) is 2. The predicted molar refractivity (Wildman–Crippen MR) is 69.8 cm³/mol. The molecule has 0 amide bonds. The van der Waals surface area contributed by atoms with Gasteiger partial charge in [-0.2, -0.15) is 0 Å². The molecule has 0 saturated carbocycles. The summed E-state index contributed by atoms with van der Waals surface area (Å²) in [7, 11) is 2.14. The van der Waals surface area contributed by atoms with Crippen LogP contribution in [-0.4, -0.2) is 7.05 Å². The van der Waals surface area contributed by atoms with Crippen molar-refractivity contribution in [3.63, 3.8) is 0 Å². The minimum absolute atomic E-state index is 1.30. The molecule has 1 aliphatic heterocycles. The summed E-state index contributed by atoms with van der Waals surface area (Å²) in [4.78, 5) is 4.99. The number of rotatable bonds is 0. The fourth-order valence-electron chi connectivity index (χ4n) is 2.09. The topological polar surface area (TPSA) is 3.24 Å². The summed E-state index contributed by atoms with van der Waals surface area (Å²) < 4.78 is 0. The second-order valence-corrected chi connectivity index (χ2v) is 5.10. The highest BCUT2D eigenvalue weighted by atomic mass is 32.2. The molecule has 2 aromatic rings. The van der Waals surface area contributed by atoms with Gasteiger partial charge >= 0.3 is 0 Å². The standard InChI is InChI=1S/C14H13NS/c1-10-6-5-8-12-14(10)16-13-9-4-3-7-11(13)15(12)2/h3-9H,1-2H3. The monoisotopic (exact) mass is 227 g/mol. The molecule has 0 N–H and O–H groups in total. The Morgan fingerprint density at radius 3 is 2.56 bits per heavy atom. The molecule has 0 bridgehead atoms. The lowest BCUT2D eigenvalue weighted by molar-refractivity contribution is 1.09. The minimum atomic E-state index is 1.30. The molecule has 80 valence electrons. The zero-order valence-corrected chi connectivity index (χ0v) is 10.2. The van der Waals surface area contributed by atoms with Crippen molar-refractivity contribution in [3.05, 3.63) is 48.0 Å². The van der Waals surface area contributed by atoms with Crippen LogP contribution < -0.4 is 4.90 Å². The molecule has 1 nitrogen and oxygen atoms in total. The second kappa shape index (κ2) is 3.56. The van der Waals surface area contributed by atoms with E-state index in [2.05, 4.69) is 61.3 Å². The van der Waals surface area contributed by atoms with Crippen molar-refractivity contribution in [3.8, 4) is 0 Å². The van der Waals surface area contributed by atoms with Crippen molar-refractivity contribution in [2.75, 3.05) is 11.9 Å². The fraction of sp³-hybridized carbons (Fsp3) is 0.143. The Morgan fingerprint density at radius 2 is 1.69 bits per heavy atom. The maximum Gasteiger partial charge on any atom is 0.0552 e. The number of aryl methyl sites for hydroxylation is 1. The van der Waals surface area contributed by atoms with Crippen LogP contribution in [-0.2, 0) is 0 Å². The van der Waals surface area contributed by atoms with Gasteiger partial charge in [-0.15, -0.1) is 0 Å². The van der Waals surface area contributed by atoms with E-state index in [1.54, 1.807) is 0 Å². The van der Waals surface area contributed by atoms with Crippen LogP contribution in [0.2, 0.25) is 0 Å². The maximum atomic E-state index is 2.27. The lowest BCUT2D eigenvalue weighted by atomic mass is 10.2. The van der Waals surface area contributed by atoms with Gasteiger partial charge in [0.2, 0.25) is 0 Å². The number of hydrogen-bond donors (Lipinski definition) is 0. The number of para-hydroxylation sites is 1. The molecular weight excluding hydrogens is 214 g/mol. The summed E-state index contributed by atoms with van der Waals surface area (Å²) in [5.41, 5.74) is 3.96. The normalized spacial score (nSPS) is 13.2. The Kier molecular flexibility index (Phi) is 2.18. The van der Waals surface area contributed by atoms with Crippen LogP contribution in [0.4, 0.5) is 11.4 Å². The fourth-order valence-corrected chi connectivity index (χ4v) is 3.31. The summed E-state index contributed by atoms with van der Waals surface area (Å²) in [6, 6.07) is 15.0. The van der Waals surface area contributed by atoms with Gasteiger partial charge in [-0.3, -0.25) is 0 Å². The average molecular weight is 227 g/mol. The molecule has 2 aromatic carbocycles. The van der Waals surface area contributed by atoms with E-state index in [4.69, 9.17) is 0 Å². The molecule has 0 fully saturated rings. The lowest BCUT2D eigenvalue weighted by Crippen LogP contribution is -2.14. The van der Waals surface area contributed by atoms with E-state index in [1.807, 2.05) is 11.8 Å². The van der Waals surface area contributed by atoms with Crippen molar-refractivity contribution in [1.82, 2.24) is 0 Å². The first-order chi connectivity index (χ1) is 7.77. The largest absolute Gasteiger partial charge is 0.343 e. The Balaban J connectivity index is 2.22. The molecule has 0 aromatic heterocycles. The SMILES string of the molecule is Cc1cccc2c1Sc1ccccc1N2C. The molecule has 16 heavy (non-hydrogen) atoms. The summed E-state index contributed by atoms with van der Waals surface area (Å²) in [5.74, 6) is 0. The first kappa shape index (κ1) is 9.79. The van der Waals surface area contributed by atoms with E-state index in [-0.39, 0.29) is 0 Å². The third kappa shape index (κ3) is 1.34. The van der Waals surface area contributed by atoms with Crippen LogP contribution in [0.25, 0.3) is 0 Å². The molecule has 1 heterocycles. The van der Waals surface area contributed by atoms with Gasteiger partial charge in [0.25, 0.3) is 0 Å². The van der Waals surface area contributed by atoms with Gasteiger partial charge in [0.1, 0.15) is 0 Å². The highest BCUT2D eigenvalue weighted by molar-refractivity contribution is 7.99. The van der Waals surface area contributed by atoms with Crippen molar-refractivity contribution < 1.29 is 0 Å². The first-order valence-electron chi connectivity index (χ1n) is 5.37. The highest BCUT2D eigenvalue weighted by Crippen LogP contribution is 2.48. The number of anilines is 2. The van der Waals surface area contributed by atoms with E-state index in [0.717, 1.165) is 0 Å². The second-order valence-electron chi connectivity index (χ2n) is 4.05. The Labute approximate surface area is 100 Å². The molecule has 0 atom stereocenters. The van der Waals surface area contributed by atoms with Gasteiger partial charge in [0, 0.05) is 16.8 Å². The quantitative estimate of drug-likeness (QED) is 0.662. The molecule has 1 aliphatic rings. The summed E-state index contributed by atoms with van der Waals surface area (Å²) >= 11 is 1.87. The first-order valence-corrected chi connectivity index (χ1v) is 6.19. The molecule has 0 saturated heterocycles. The van der Waals surface area contributed by atoms with E-state index < -0.39 is 0 Å². The van der Waals surface area contributed by atoms with Crippen LogP contribution in [0, 0.1) is 6.92 Å². The van der Waals surface area contributed by atoms with E-state index in [0.29, 0.717) is 0 Å². The minimum Gasteiger partial charge on any atom is -0.343 e. The van der Waals surface area contributed by atoms with Gasteiger partial charge in [-0.05, 0) is 30.7 Å². The Morgan fingerprint density at radius 1 is 0.938 bits per heavy atom. The van der Waals surface area contributed by atoms with Crippen LogP contribution in [0.1, 0.15) is 5.56 Å². The number of nitrogens with zero attached hydrogens (tertiary/aromatic N) is 1. The van der Waals surface area contributed by atoms with Crippen LogP contribution in [0.15, 0.2) is 52.3 Å². The van der Waals surface area contributed by atoms with Crippen molar-refractivity contribution >= 4 is 23.1 Å². The van der Waals surface area contributed by atoms with Crippen LogP contribution in [0.5, 0.6) is 0 Å². The van der Waals surface area contributed by atoms with Gasteiger partial charge in [0.15, 0.2) is 0 Å². The third-order valence-corrected chi connectivity index (χ3v) is 4.29. The average Bonchev–Trinajstić information content (AvgIpc) is 2.31. The molecule has 0 spiro atoms. The van der Waals surface area contributed by atoms with E-state index >= 15 is 0 Å². The number of fused-ring (bicyclic) bond motifs is 2. The molecular formula is C14H13NS. The maximum absolute atomic E-state index is 2.27. The molecule has 3 rings (SSSR count). The lowest BCUT2D eigenvalue weighted by Gasteiger charge is -2.30. The van der Waals surface area contributed by atoms with Gasteiger partial charge < -0.3 is 4.90 Å². The molecule has 0 radical (unpaired) electrons. The predicted octanol–water partition coefficient (Wildman–Crippen LogP) is 4.23. The van der Waals surface area contributed by atoms with Crippen molar-refractivity contribution in [2.45, 2.75) is 16.7 Å².